The van der Waals surface area contributed by atoms with Crippen LogP contribution in [0.15, 0.2) is 16.5 Å². The molecule has 0 amide bonds. The second-order valence-electron chi connectivity index (χ2n) is 5.23. The lowest BCUT2D eigenvalue weighted by molar-refractivity contribution is -0.227. The van der Waals surface area contributed by atoms with Gasteiger partial charge >= 0.3 is 12.1 Å². The van der Waals surface area contributed by atoms with E-state index in [-0.39, 0.29) is 12.6 Å². The van der Waals surface area contributed by atoms with Crippen molar-refractivity contribution in [3.8, 4) is 0 Å². The Morgan fingerprint density at radius 2 is 2.15 bits per heavy atom. The second-order valence-corrected chi connectivity index (χ2v) is 5.23. The minimum atomic E-state index is -4.76. The molecule has 0 aliphatic carbocycles. The van der Waals surface area contributed by atoms with Crippen molar-refractivity contribution in [1.82, 2.24) is 4.90 Å². The molecule has 1 aromatic rings. The zero-order valence-corrected chi connectivity index (χ0v) is 11.2. The van der Waals surface area contributed by atoms with Gasteiger partial charge in [0.05, 0.1) is 6.04 Å². The quantitative estimate of drug-likeness (QED) is 0.930. The third-order valence-electron chi connectivity index (χ3n) is 3.97. The van der Waals surface area contributed by atoms with E-state index < -0.39 is 30.5 Å². The van der Waals surface area contributed by atoms with Gasteiger partial charge in [0.1, 0.15) is 11.5 Å². The van der Waals surface area contributed by atoms with Crippen LogP contribution in [0.25, 0.3) is 0 Å². The zero-order chi connectivity index (χ0) is 15.1. The van der Waals surface area contributed by atoms with E-state index in [0.29, 0.717) is 11.5 Å². The number of carbonyl (C=O) groups is 1. The molecule has 0 spiro atoms. The Morgan fingerprint density at radius 1 is 1.50 bits per heavy atom. The first-order valence-corrected chi connectivity index (χ1v) is 6.28. The molecule has 1 aromatic heterocycles. The topological polar surface area (TPSA) is 53.7 Å². The summed E-state index contributed by atoms with van der Waals surface area (Å²) in [5.41, 5.74) is -2.68. The molecule has 0 saturated carbocycles. The monoisotopic (exact) mass is 291 g/mol. The molecule has 7 heteroatoms. The molecule has 20 heavy (non-hydrogen) atoms. The minimum absolute atomic E-state index is 0.0761. The molecular weight excluding hydrogens is 275 g/mol. The normalized spacial score (nSPS) is 25.9. The van der Waals surface area contributed by atoms with Crippen molar-refractivity contribution in [3.63, 3.8) is 0 Å². The Balaban J connectivity index is 2.21. The number of alkyl halides is 3. The van der Waals surface area contributed by atoms with Crippen molar-refractivity contribution in [2.45, 2.75) is 32.5 Å². The number of nitrogens with zero attached hydrogens (tertiary/aromatic N) is 1. The number of carboxylic acid groups (broad SMARTS) is 1. The number of rotatable bonds is 3. The molecule has 2 rings (SSSR count). The Bertz CT molecular complexity index is 511. The van der Waals surface area contributed by atoms with Gasteiger partial charge in [-0.05, 0) is 32.4 Å². The van der Waals surface area contributed by atoms with Gasteiger partial charge in [-0.1, -0.05) is 0 Å². The molecule has 0 radical (unpaired) electrons. The van der Waals surface area contributed by atoms with Crippen molar-refractivity contribution < 1.29 is 27.5 Å². The van der Waals surface area contributed by atoms with E-state index in [4.69, 9.17) is 9.52 Å². The Morgan fingerprint density at radius 3 is 2.55 bits per heavy atom. The molecule has 1 aliphatic rings. The summed E-state index contributed by atoms with van der Waals surface area (Å²) in [4.78, 5) is 12.6. The van der Waals surface area contributed by atoms with Gasteiger partial charge < -0.3 is 9.52 Å². The molecule has 2 unspecified atom stereocenters. The molecule has 0 bridgehead atoms. The van der Waals surface area contributed by atoms with E-state index in [9.17, 15) is 18.0 Å². The highest BCUT2D eigenvalue weighted by Crippen LogP contribution is 2.47. The minimum Gasteiger partial charge on any atom is -0.481 e. The van der Waals surface area contributed by atoms with E-state index in [1.54, 1.807) is 26.0 Å². The van der Waals surface area contributed by atoms with Gasteiger partial charge in [-0.15, -0.1) is 0 Å². The van der Waals surface area contributed by atoms with Crippen molar-refractivity contribution in [3.05, 3.63) is 23.7 Å². The lowest BCUT2D eigenvalue weighted by Crippen LogP contribution is -2.47. The fourth-order valence-electron chi connectivity index (χ4n) is 2.55. The van der Waals surface area contributed by atoms with Gasteiger partial charge in [-0.25, -0.2) is 0 Å². The average Bonchev–Trinajstić information content (AvgIpc) is 2.93. The maximum atomic E-state index is 13.1. The van der Waals surface area contributed by atoms with Crippen LogP contribution in [0.2, 0.25) is 0 Å². The molecular formula is C13H16F3NO3. The maximum absolute atomic E-state index is 13.1. The van der Waals surface area contributed by atoms with Crippen LogP contribution in [0.1, 0.15) is 30.9 Å². The van der Waals surface area contributed by atoms with Gasteiger partial charge in [0.25, 0.3) is 0 Å². The molecule has 112 valence electrons. The standard InChI is InChI=1S/C13H16F3NO3/c1-8-3-4-10(20-8)9(2)17-6-5-12(7-17,11(18)19)13(14,15)16/h3-4,9H,5-7H2,1-2H3,(H,18,19). The molecule has 2 atom stereocenters. The molecule has 0 aromatic carbocycles. The number of furan rings is 1. The third kappa shape index (κ3) is 2.30. The average molecular weight is 291 g/mol. The molecule has 2 heterocycles. The van der Waals surface area contributed by atoms with E-state index in [1.165, 1.54) is 4.90 Å². The summed E-state index contributed by atoms with van der Waals surface area (Å²) in [5.74, 6) is -0.590. The Kier molecular flexibility index (Phi) is 3.58. The number of likely N-dealkylation sites (tertiary alicyclic amines) is 1. The van der Waals surface area contributed by atoms with E-state index in [0.717, 1.165) is 0 Å². The highest BCUT2D eigenvalue weighted by Gasteiger charge is 2.64. The number of carboxylic acids is 1. The first-order chi connectivity index (χ1) is 9.17. The van der Waals surface area contributed by atoms with Crippen LogP contribution < -0.4 is 0 Å². The zero-order valence-electron chi connectivity index (χ0n) is 11.2. The van der Waals surface area contributed by atoms with Crippen LogP contribution in [0.3, 0.4) is 0 Å². The molecule has 1 aliphatic heterocycles. The number of hydrogen-bond acceptors (Lipinski definition) is 3. The maximum Gasteiger partial charge on any atom is 0.406 e. The van der Waals surface area contributed by atoms with Gasteiger partial charge in [-0.3, -0.25) is 9.69 Å². The first-order valence-electron chi connectivity index (χ1n) is 6.28. The summed E-state index contributed by atoms with van der Waals surface area (Å²) in [6, 6.07) is 3.05. The van der Waals surface area contributed by atoms with Crippen LogP contribution in [-0.4, -0.2) is 35.2 Å². The summed E-state index contributed by atoms with van der Waals surface area (Å²) in [7, 11) is 0. The van der Waals surface area contributed by atoms with E-state index in [2.05, 4.69) is 0 Å². The summed E-state index contributed by atoms with van der Waals surface area (Å²) < 4.78 is 44.6. The van der Waals surface area contributed by atoms with E-state index >= 15 is 0 Å². The first kappa shape index (κ1) is 14.9. The molecule has 1 fully saturated rings. The summed E-state index contributed by atoms with van der Waals surface area (Å²) in [6.07, 6.45) is -5.19. The predicted octanol–water partition coefficient (Wildman–Crippen LogP) is 2.99. The number of aliphatic carboxylic acids is 1. The predicted molar refractivity (Wildman–Crippen MR) is 64.2 cm³/mol. The summed E-state index contributed by atoms with van der Waals surface area (Å²) >= 11 is 0. The number of halogens is 3. The SMILES string of the molecule is Cc1ccc(C(C)N2CCC(C(=O)O)(C(F)(F)F)C2)o1. The highest BCUT2D eigenvalue weighted by molar-refractivity contribution is 5.76. The van der Waals surface area contributed by atoms with Crippen molar-refractivity contribution in [1.29, 1.82) is 0 Å². The van der Waals surface area contributed by atoms with Crippen molar-refractivity contribution in [2.75, 3.05) is 13.1 Å². The number of aryl methyl sites for hydroxylation is 1. The van der Waals surface area contributed by atoms with Crippen LogP contribution in [0.4, 0.5) is 13.2 Å². The summed E-state index contributed by atoms with van der Waals surface area (Å²) in [6.45, 7) is 2.99. The van der Waals surface area contributed by atoms with Crippen LogP contribution >= 0.6 is 0 Å². The Labute approximate surface area is 114 Å². The fraction of sp³-hybridized carbons (Fsp3) is 0.615. The largest absolute Gasteiger partial charge is 0.481 e. The fourth-order valence-corrected chi connectivity index (χ4v) is 2.55. The van der Waals surface area contributed by atoms with Gasteiger partial charge in [-0.2, -0.15) is 13.2 Å². The van der Waals surface area contributed by atoms with Crippen LogP contribution in [-0.2, 0) is 4.79 Å². The van der Waals surface area contributed by atoms with Crippen LogP contribution in [0, 0.1) is 12.3 Å². The van der Waals surface area contributed by atoms with Gasteiger partial charge in [0.2, 0.25) is 0 Å². The summed E-state index contributed by atoms with van der Waals surface area (Å²) in [5, 5.41) is 9.00. The van der Waals surface area contributed by atoms with Crippen LogP contribution in [0.5, 0.6) is 0 Å². The molecule has 4 nitrogen and oxygen atoms in total. The smallest absolute Gasteiger partial charge is 0.406 e. The van der Waals surface area contributed by atoms with Gasteiger partial charge in [0, 0.05) is 13.1 Å². The highest BCUT2D eigenvalue weighted by atomic mass is 19.4. The third-order valence-corrected chi connectivity index (χ3v) is 3.97. The van der Waals surface area contributed by atoms with Crippen molar-refractivity contribution in [2.24, 2.45) is 5.41 Å². The number of hydrogen-bond donors (Lipinski definition) is 1. The van der Waals surface area contributed by atoms with Gasteiger partial charge in [0.15, 0.2) is 5.41 Å². The van der Waals surface area contributed by atoms with Crippen molar-refractivity contribution >= 4 is 5.97 Å². The second kappa shape index (κ2) is 4.80. The molecule has 1 N–H and O–H groups in total. The lowest BCUT2D eigenvalue weighted by atomic mass is 9.86. The lowest BCUT2D eigenvalue weighted by Gasteiger charge is -2.29. The molecule has 1 saturated heterocycles. The van der Waals surface area contributed by atoms with E-state index in [1.807, 2.05) is 0 Å². The Hall–Kier alpha value is -1.50.